The summed E-state index contributed by atoms with van der Waals surface area (Å²) >= 11 is 1.04. The van der Waals surface area contributed by atoms with E-state index >= 15 is 0 Å². The maximum Gasteiger partial charge on any atom is 0.348 e. The summed E-state index contributed by atoms with van der Waals surface area (Å²) in [6.45, 7) is 9.14. The lowest BCUT2D eigenvalue weighted by Crippen LogP contribution is -2.42. The van der Waals surface area contributed by atoms with Gasteiger partial charge in [0.25, 0.3) is 0 Å². The van der Waals surface area contributed by atoms with Gasteiger partial charge < -0.3 is 15.1 Å². The molecule has 1 aromatic rings. The number of rotatable bonds is 4. The first-order chi connectivity index (χ1) is 12.5. The first kappa shape index (κ1) is 21.5. The van der Waals surface area contributed by atoms with E-state index in [0.29, 0.717) is 16.5 Å². The Kier molecular flexibility index (Phi) is 6.72. The van der Waals surface area contributed by atoms with Crippen LogP contribution < -0.4 is 4.90 Å². The summed E-state index contributed by atoms with van der Waals surface area (Å²) in [5.74, 6) is 5.05. The van der Waals surface area contributed by atoms with Crippen LogP contribution in [0.2, 0.25) is 0 Å². The molecule has 27 heavy (non-hydrogen) atoms. The smallest absolute Gasteiger partial charge is 0.348 e. The second kappa shape index (κ2) is 8.45. The van der Waals surface area contributed by atoms with Gasteiger partial charge in [-0.3, -0.25) is 4.79 Å². The minimum absolute atomic E-state index is 0.000743. The third-order valence-electron chi connectivity index (χ3n) is 4.78. The Balaban J connectivity index is 2.40. The molecular formula is C21H29NO4S. The summed E-state index contributed by atoms with van der Waals surface area (Å²) in [5, 5.41) is 19.4. The molecule has 1 heterocycles. The van der Waals surface area contributed by atoms with Crippen LogP contribution in [0.5, 0.6) is 0 Å². The van der Waals surface area contributed by atoms with E-state index in [1.165, 1.54) is 0 Å². The van der Waals surface area contributed by atoms with E-state index in [9.17, 15) is 19.8 Å². The van der Waals surface area contributed by atoms with Crippen molar-refractivity contribution in [1.82, 2.24) is 0 Å². The highest BCUT2D eigenvalue weighted by atomic mass is 32.1. The van der Waals surface area contributed by atoms with Gasteiger partial charge in [0.1, 0.15) is 10.5 Å². The van der Waals surface area contributed by atoms with Crippen LogP contribution in [0.1, 0.15) is 74.9 Å². The van der Waals surface area contributed by atoms with Crippen LogP contribution in [-0.4, -0.2) is 33.7 Å². The molecule has 6 heteroatoms. The molecule has 0 spiro atoms. The zero-order valence-corrected chi connectivity index (χ0v) is 17.5. The molecule has 2 rings (SSSR count). The number of thiophene rings is 1. The maximum atomic E-state index is 13.2. The van der Waals surface area contributed by atoms with Crippen molar-refractivity contribution in [2.24, 2.45) is 11.8 Å². The Hall–Kier alpha value is -1.84. The molecule has 0 saturated heterocycles. The number of aliphatic hydroxyl groups is 1. The number of amides is 1. The molecule has 0 aromatic carbocycles. The molecule has 2 N–H and O–H groups in total. The lowest BCUT2D eigenvalue weighted by Gasteiger charge is -2.33. The number of hydrogen-bond donors (Lipinski definition) is 2. The van der Waals surface area contributed by atoms with Crippen LogP contribution in [-0.2, 0) is 4.79 Å². The minimum atomic E-state index is -1.17. The van der Waals surface area contributed by atoms with Crippen LogP contribution in [0, 0.1) is 23.7 Å². The molecule has 148 valence electrons. The summed E-state index contributed by atoms with van der Waals surface area (Å²) in [7, 11) is 0. The first-order valence-electron chi connectivity index (χ1n) is 9.45. The van der Waals surface area contributed by atoms with Gasteiger partial charge in [-0.1, -0.05) is 18.8 Å². The van der Waals surface area contributed by atoms with Crippen LogP contribution in [0.15, 0.2) is 6.07 Å². The van der Waals surface area contributed by atoms with E-state index in [1.54, 1.807) is 24.8 Å². The van der Waals surface area contributed by atoms with Crippen LogP contribution >= 0.6 is 11.3 Å². The molecule has 1 saturated carbocycles. The first-order valence-corrected chi connectivity index (χ1v) is 10.3. The Bertz CT molecular complexity index is 755. The molecular weight excluding hydrogens is 362 g/mol. The van der Waals surface area contributed by atoms with Crippen molar-refractivity contribution in [3.8, 4) is 11.8 Å². The van der Waals surface area contributed by atoms with Crippen LogP contribution in [0.4, 0.5) is 5.69 Å². The predicted molar refractivity (Wildman–Crippen MR) is 108 cm³/mol. The number of hydrogen-bond acceptors (Lipinski definition) is 4. The summed E-state index contributed by atoms with van der Waals surface area (Å²) in [6.07, 6.45) is 3.75. The average Bonchev–Trinajstić information content (AvgIpc) is 2.97. The highest BCUT2D eigenvalue weighted by Gasteiger charge is 2.33. The number of carboxylic acid groups (broad SMARTS) is 1. The fourth-order valence-electron chi connectivity index (χ4n) is 3.34. The second-order valence-electron chi connectivity index (χ2n) is 8.20. The third-order valence-corrected chi connectivity index (χ3v) is 5.80. The third kappa shape index (κ3) is 5.57. The molecule has 0 atom stereocenters. The Morgan fingerprint density at radius 3 is 2.33 bits per heavy atom. The number of nitrogens with zero attached hydrogens (tertiary/aromatic N) is 1. The lowest BCUT2D eigenvalue weighted by atomic mass is 9.82. The highest BCUT2D eigenvalue weighted by molar-refractivity contribution is 7.15. The number of carbonyl (C=O) groups excluding carboxylic acids is 1. The minimum Gasteiger partial charge on any atom is -0.477 e. The summed E-state index contributed by atoms with van der Waals surface area (Å²) in [4.78, 5) is 27.3. The maximum absolute atomic E-state index is 13.2. The zero-order chi connectivity index (χ0) is 20.4. The van der Waals surface area contributed by atoms with Gasteiger partial charge in [0.15, 0.2) is 0 Å². The average molecular weight is 392 g/mol. The monoisotopic (exact) mass is 391 g/mol. The van der Waals surface area contributed by atoms with Gasteiger partial charge in [0.2, 0.25) is 5.91 Å². The molecule has 0 radical (unpaired) electrons. The van der Waals surface area contributed by atoms with E-state index in [2.05, 4.69) is 18.8 Å². The zero-order valence-electron chi connectivity index (χ0n) is 16.7. The van der Waals surface area contributed by atoms with Gasteiger partial charge in [-0.05, 0) is 65.4 Å². The fourth-order valence-corrected chi connectivity index (χ4v) is 4.19. The lowest BCUT2D eigenvalue weighted by molar-refractivity contribution is -0.123. The second-order valence-corrected chi connectivity index (χ2v) is 9.25. The number of anilines is 1. The van der Waals surface area contributed by atoms with Crippen LogP contribution in [0.25, 0.3) is 0 Å². The Labute approximate surface area is 165 Å². The van der Waals surface area contributed by atoms with Gasteiger partial charge >= 0.3 is 5.97 Å². The Morgan fingerprint density at radius 1 is 1.26 bits per heavy atom. The molecule has 1 aliphatic rings. The normalized spacial score (nSPS) is 20.1. The van der Waals surface area contributed by atoms with Gasteiger partial charge in [-0.25, -0.2) is 4.79 Å². The molecule has 0 aliphatic heterocycles. The molecule has 1 aliphatic carbocycles. The van der Waals surface area contributed by atoms with E-state index in [4.69, 9.17) is 0 Å². The molecule has 1 amide bonds. The molecule has 0 bridgehead atoms. The van der Waals surface area contributed by atoms with Crippen molar-refractivity contribution in [3.05, 3.63) is 15.8 Å². The van der Waals surface area contributed by atoms with Crippen molar-refractivity contribution < 1.29 is 19.8 Å². The van der Waals surface area contributed by atoms with Gasteiger partial charge in [0.05, 0.1) is 10.6 Å². The summed E-state index contributed by atoms with van der Waals surface area (Å²) in [6, 6.07) is 1.51. The topological polar surface area (TPSA) is 77.8 Å². The Morgan fingerprint density at radius 2 is 1.85 bits per heavy atom. The molecule has 1 aromatic heterocycles. The highest BCUT2D eigenvalue weighted by Crippen LogP contribution is 2.36. The SMILES string of the molecule is CC(C)N(c1cc(C#CC(C)(C)O)sc1C(=O)O)C(=O)[C@H]1CC[C@H](C)CC1. The van der Waals surface area contributed by atoms with Gasteiger partial charge in [-0.15, -0.1) is 11.3 Å². The van der Waals surface area contributed by atoms with Crippen molar-refractivity contribution >= 4 is 28.9 Å². The number of aromatic carboxylic acids is 1. The van der Waals surface area contributed by atoms with Gasteiger partial charge in [0, 0.05) is 12.0 Å². The standard InChI is InChI=1S/C21H29NO4S/c1-13(2)22(19(23)15-8-6-14(3)7-9-15)17-12-16(10-11-21(4,5)26)27-18(17)20(24)25/h12-15,26H,6-9H2,1-5H3,(H,24,25)/t14-,15-. The quantitative estimate of drug-likeness (QED) is 0.756. The largest absolute Gasteiger partial charge is 0.477 e. The van der Waals surface area contributed by atoms with Crippen molar-refractivity contribution in [1.29, 1.82) is 0 Å². The van der Waals surface area contributed by atoms with Crippen molar-refractivity contribution in [2.45, 2.75) is 71.9 Å². The fraction of sp³-hybridized carbons (Fsp3) is 0.619. The number of carboxylic acids is 1. The van der Waals surface area contributed by atoms with Crippen molar-refractivity contribution in [2.75, 3.05) is 4.90 Å². The summed E-state index contributed by atoms with van der Waals surface area (Å²) in [5.41, 5.74) is -0.758. The molecule has 5 nitrogen and oxygen atoms in total. The van der Waals surface area contributed by atoms with E-state index < -0.39 is 11.6 Å². The predicted octanol–water partition coefficient (Wildman–Crippen LogP) is 4.14. The van der Waals surface area contributed by atoms with Crippen LogP contribution in [0.3, 0.4) is 0 Å². The summed E-state index contributed by atoms with van der Waals surface area (Å²) < 4.78 is 0. The molecule has 1 fully saturated rings. The van der Waals surface area contributed by atoms with E-state index in [-0.39, 0.29) is 22.7 Å². The number of carbonyl (C=O) groups is 2. The van der Waals surface area contributed by atoms with Gasteiger partial charge in [-0.2, -0.15) is 0 Å². The van der Waals surface area contributed by atoms with E-state index in [0.717, 1.165) is 37.0 Å². The van der Waals surface area contributed by atoms with E-state index in [1.807, 2.05) is 13.8 Å². The molecule has 0 unspecified atom stereocenters. The van der Waals surface area contributed by atoms with Crippen molar-refractivity contribution in [3.63, 3.8) is 0 Å².